The van der Waals surface area contributed by atoms with Crippen molar-refractivity contribution in [2.75, 3.05) is 4.90 Å². The van der Waals surface area contributed by atoms with Gasteiger partial charge in [0, 0.05) is 24.0 Å². The number of para-hydroxylation sites is 1. The third-order valence-corrected chi connectivity index (χ3v) is 3.65. The number of carbonyl (C=O) groups excluding carboxylic acids is 1. The molecular formula is C19H15NO3. The Morgan fingerprint density at radius 3 is 2.39 bits per heavy atom. The maximum absolute atomic E-state index is 11.6. The molecule has 0 unspecified atom stereocenters. The number of carboxylic acids is 1. The quantitative estimate of drug-likeness (QED) is 0.696. The van der Waals surface area contributed by atoms with E-state index in [2.05, 4.69) is 0 Å². The van der Waals surface area contributed by atoms with E-state index >= 15 is 0 Å². The number of fused-ring (bicyclic) bond motifs is 1. The van der Waals surface area contributed by atoms with Crippen LogP contribution < -0.4 is 4.90 Å². The van der Waals surface area contributed by atoms with E-state index in [-0.39, 0.29) is 0 Å². The summed E-state index contributed by atoms with van der Waals surface area (Å²) in [5, 5.41) is 8.85. The third-order valence-electron chi connectivity index (χ3n) is 3.65. The molecule has 1 N–H and O–H groups in total. The summed E-state index contributed by atoms with van der Waals surface area (Å²) in [5.74, 6) is -2.38. The van der Waals surface area contributed by atoms with Crippen molar-refractivity contribution in [2.24, 2.45) is 0 Å². The van der Waals surface area contributed by atoms with E-state index in [0.29, 0.717) is 12.2 Å². The number of hydrogen-bond donors (Lipinski definition) is 1. The predicted molar refractivity (Wildman–Crippen MR) is 88.8 cm³/mol. The van der Waals surface area contributed by atoms with E-state index in [1.807, 2.05) is 65.6 Å². The van der Waals surface area contributed by atoms with E-state index < -0.39 is 11.8 Å². The van der Waals surface area contributed by atoms with Crippen LogP contribution in [0.25, 0.3) is 6.08 Å². The molecule has 0 aliphatic carbocycles. The molecule has 4 nitrogen and oxygen atoms in total. The summed E-state index contributed by atoms with van der Waals surface area (Å²) in [4.78, 5) is 24.4. The highest BCUT2D eigenvalue weighted by Crippen LogP contribution is 2.32. The number of nitrogens with zero attached hydrogens (tertiary/aromatic N) is 1. The minimum absolute atomic E-state index is 0.556. The highest BCUT2D eigenvalue weighted by Gasteiger charge is 2.19. The minimum atomic E-state index is -1.45. The molecule has 114 valence electrons. The van der Waals surface area contributed by atoms with Crippen LogP contribution in [-0.2, 0) is 16.1 Å². The number of hydrogen-bond acceptors (Lipinski definition) is 3. The molecule has 0 spiro atoms. The van der Waals surface area contributed by atoms with Crippen molar-refractivity contribution in [1.82, 2.24) is 0 Å². The van der Waals surface area contributed by atoms with Gasteiger partial charge in [0.1, 0.15) is 0 Å². The van der Waals surface area contributed by atoms with Crippen LogP contribution in [0.3, 0.4) is 0 Å². The summed E-state index contributed by atoms with van der Waals surface area (Å²) < 4.78 is 0. The Kier molecular flexibility index (Phi) is 4.06. The summed E-state index contributed by atoms with van der Waals surface area (Å²) >= 11 is 0. The summed E-state index contributed by atoms with van der Waals surface area (Å²) in [6.45, 7) is 0.556. The predicted octanol–water partition coefficient (Wildman–Crippen LogP) is 3.26. The molecule has 4 heteroatoms. The van der Waals surface area contributed by atoms with Crippen molar-refractivity contribution < 1.29 is 14.7 Å². The first kappa shape index (κ1) is 14.8. The molecule has 0 bridgehead atoms. The van der Waals surface area contributed by atoms with Gasteiger partial charge in [-0.05, 0) is 23.3 Å². The number of anilines is 1. The molecule has 1 aliphatic heterocycles. The van der Waals surface area contributed by atoms with Crippen LogP contribution in [0.15, 0.2) is 72.4 Å². The normalized spacial score (nSPS) is 14.6. The van der Waals surface area contributed by atoms with Gasteiger partial charge in [-0.3, -0.25) is 4.79 Å². The Morgan fingerprint density at radius 1 is 0.957 bits per heavy atom. The van der Waals surface area contributed by atoms with E-state index in [0.717, 1.165) is 22.9 Å². The fraction of sp³-hybridized carbons (Fsp3) is 0.0526. The number of benzene rings is 2. The van der Waals surface area contributed by atoms with E-state index in [4.69, 9.17) is 5.11 Å². The maximum atomic E-state index is 11.6. The lowest BCUT2D eigenvalue weighted by molar-refractivity contribution is -0.146. The summed E-state index contributed by atoms with van der Waals surface area (Å²) in [5.41, 5.74) is 3.62. The number of carbonyl (C=O) groups is 2. The fourth-order valence-corrected chi connectivity index (χ4v) is 2.54. The van der Waals surface area contributed by atoms with Gasteiger partial charge < -0.3 is 10.0 Å². The molecule has 1 heterocycles. The molecule has 0 fully saturated rings. The Balaban J connectivity index is 2.02. The Morgan fingerprint density at radius 2 is 1.65 bits per heavy atom. The van der Waals surface area contributed by atoms with Crippen molar-refractivity contribution in [3.05, 3.63) is 83.6 Å². The van der Waals surface area contributed by atoms with E-state index in [9.17, 15) is 9.59 Å². The largest absolute Gasteiger partial charge is 0.475 e. The molecule has 0 saturated carbocycles. The first-order valence-corrected chi connectivity index (χ1v) is 7.22. The van der Waals surface area contributed by atoms with E-state index in [1.54, 1.807) is 6.08 Å². The van der Waals surface area contributed by atoms with Crippen LogP contribution >= 0.6 is 0 Å². The molecule has 0 aromatic heterocycles. The first-order valence-electron chi connectivity index (χ1n) is 7.22. The van der Waals surface area contributed by atoms with Crippen LogP contribution in [0.5, 0.6) is 0 Å². The zero-order valence-electron chi connectivity index (χ0n) is 12.3. The number of rotatable bonds is 4. The van der Waals surface area contributed by atoms with Crippen molar-refractivity contribution in [3.8, 4) is 0 Å². The van der Waals surface area contributed by atoms with Crippen LogP contribution in [-0.4, -0.2) is 16.9 Å². The van der Waals surface area contributed by atoms with Crippen molar-refractivity contribution in [1.29, 1.82) is 0 Å². The van der Waals surface area contributed by atoms with Gasteiger partial charge in [0.05, 0.1) is 0 Å². The molecule has 0 amide bonds. The zero-order chi connectivity index (χ0) is 16.2. The van der Waals surface area contributed by atoms with Gasteiger partial charge in [-0.15, -0.1) is 0 Å². The lowest BCUT2D eigenvalue weighted by Crippen LogP contribution is -2.25. The molecule has 2 aromatic rings. The number of ketones is 1. The Hall–Kier alpha value is -3.14. The highest BCUT2D eigenvalue weighted by molar-refractivity contribution is 6.37. The van der Waals surface area contributed by atoms with Crippen LogP contribution in [0, 0.1) is 0 Å². The molecule has 3 rings (SSSR count). The molecule has 1 aliphatic rings. The molecule has 0 saturated heterocycles. The maximum Gasteiger partial charge on any atom is 0.376 e. The summed E-state index contributed by atoms with van der Waals surface area (Å²) in [6.07, 6.45) is 4.82. The lowest BCUT2D eigenvalue weighted by atomic mass is 10.0. The van der Waals surface area contributed by atoms with Crippen LogP contribution in [0.2, 0.25) is 0 Å². The van der Waals surface area contributed by atoms with Crippen LogP contribution in [0.4, 0.5) is 5.69 Å². The highest BCUT2D eigenvalue weighted by atomic mass is 16.4. The van der Waals surface area contributed by atoms with Gasteiger partial charge in [0.2, 0.25) is 0 Å². The number of aliphatic carboxylic acids is 1. The zero-order valence-corrected chi connectivity index (χ0v) is 12.3. The van der Waals surface area contributed by atoms with Gasteiger partial charge in [-0.2, -0.15) is 0 Å². The second-order valence-electron chi connectivity index (χ2n) is 5.20. The standard InChI is InChI=1S/C19H15NO3/c21-18(19(22)23)12-16-11-10-15-8-4-5-9-17(15)20(16)13-14-6-2-1-3-7-14/h1-12H,13H2,(H,22,23)/b16-12+. The van der Waals surface area contributed by atoms with Gasteiger partial charge in [0.25, 0.3) is 5.78 Å². The fourth-order valence-electron chi connectivity index (χ4n) is 2.54. The summed E-state index contributed by atoms with van der Waals surface area (Å²) in [7, 11) is 0. The van der Waals surface area contributed by atoms with Crippen molar-refractivity contribution in [3.63, 3.8) is 0 Å². The molecule has 23 heavy (non-hydrogen) atoms. The molecule has 2 aromatic carbocycles. The number of carboxylic acid groups (broad SMARTS) is 1. The van der Waals surface area contributed by atoms with Crippen LogP contribution in [0.1, 0.15) is 11.1 Å². The third kappa shape index (κ3) is 3.21. The average Bonchev–Trinajstić information content (AvgIpc) is 2.57. The monoisotopic (exact) mass is 305 g/mol. The molecule has 0 radical (unpaired) electrons. The SMILES string of the molecule is O=C(O)C(=O)/C=C1\C=Cc2ccccc2N1Cc1ccccc1. The smallest absolute Gasteiger partial charge is 0.376 e. The van der Waals surface area contributed by atoms with Crippen molar-refractivity contribution >= 4 is 23.5 Å². The summed E-state index contributed by atoms with van der Waals surface area (Å²) in [6, 6.07) is 17.7. The van der Waals surface area contributed by atoms with Crippen molar-refractivity contribution in [2.45, 2.75) is 6.54 Å². The minimum Gasteiger partial charge on any atom is -0.475 e. The van der Waals surface area contributed by atoms with Gasteiger partial charge in [-0.25, -0.2) is 4.79 Å². The number of allylic oxidation sites excluding steroid dienone is 1. The first-order chi connectivity index (χ1) is 11.1. The molecular weight excluding hydrogens is 290 g/mol. The lowest BCUT2D eigenvalue weighted by Gasteiger charge is -2.30. The van der Waals surface area contributed by atoms with Gasteiger partial charge in [-0.1, -0.05) is 54.6 Å². The Bertz CT molecular complexity index is 806. The molecule has 0 atom stereocenters. The average molecular weight is 305 g/mol. The topological polar surface area (TPSA) is 57.6 Å². The second-order valence-corrected chi connectivity index (χ2v) is 5.20. The Labute approximate surface area is 134 Å². The van der Waals surface area contributed by atoms with E-state index in [1.165, 1.54) is 0 Å². The van der Waals surface area contributed by atoms with Gasteiger partial charge in [0.15, 0.2) is 0 Å². The second kappa shape index (κ2) is 6.32. The van der Waals surface area contributed by atoms with Gasteiger partial charge >= 0.3 is 5.97 Å².